The number of carboxylic acids is 1. The van der Waals surface area contributed by atoms with Crippen LogP contribution in [0.5, 0.6) is 5.75 Å². The zero-order chi connectivity index (χ0) is 18.9. The molecule has 1 aromatic carbocycles. The van der Waals surface area contributed by atoms with E-state index in [-0.39, 0.29) is 12.3 Å². The topological polar surface area (TPSA) is 122 Å². The fourth-order valence-electron chi connectivity index (χ4n) is 2.93. The molecule has 2 amide bonds. The fourth-order valence-corrected chi connectivity index (χ4v) is 4.47. The molecule has 3 unspecified atom stereocenters. The Bertz CT molecular complexity index is 743. The van der Waals surface area contributed by atoms with Gasteiger partial charge in [-0.15, -0.1) is 11.8 Å². The minimum atomic E-state index is -1.95. The average molecular weight is 380 g/mol. The summed E-state index contributed by atoms with van der Waals surface area (Å²) in [6.07, 6.45) is -0.738. The van der Waals surface area contributed by atoms with Gasteiger partial charge in [-0.3, -0.25) is 9.59 Å². The Morgan fingerprint density at radius 1 is 1.38 bits per heavy atom. The summed E-state index contributed by atoms with van der Waals surface area (Å²) in [6, 6.07) is 7.38. The predicted molar refractivity (Wildman–Crippen MR) is 89.5 cm³/mol. The van der Waals surface area contributed by atoms with Gasteiger partial charge in [0.2, 0.25) is 17.9 Å². The number of ether oxygens (including phenoxy) is 2. The van der Waals surface area contributed by atoms with Crippen molar-refractivity contribution in [2.45, 2.75) is 29.2 Å². The Balaban J connectivity index is 1.76. The van der Waals surface area contributed by atoms with Crippen molar-refractivity contribution in [1.82, 2.24) is 10.2 Å². The van der Waals surface area contributed by atoms with Gasteiger partial charge in [-0.2, -0.15) is 0 Å². The van der Waals surface area contributed by atoms with Crippen molar-refractivity contribution >= 4 is 36.2 Å². The third-order valence-electron chi connectivity index (χ3n) is 4.37. The summed E-state index contributed by atoms with van der Waals surface area (Å²) in [7, 11) is 0. The lowest BCUT2D eigenvalue weighted by Gasteiger charge is -2.54. The number of hydrogen-bond acceptors (Lipinski definition) is 7. The number of para-hydroxylation sites is 1. The van der Waals surface area contributed by atoms with Crippen LogP contribution in [0, 0.1) is 0 Å². The highest BCUT2D eigenvalue weighted by molar-refractivity contribution is 8.00. The van der Waals surface area contributed by atoms with Gasteiger partial charge in [0.1, 0.15) is 17.2 Å². The maximum absolute atomic E-state index is 12.1. The van der Waals surface area contributed by atoms with Crippen molar-refractivity contribution in [2.75, 3.05) is 6.54 Å². The normalized spacial score (nSPS) is 29.8. The van der Waals surface area contributed by atoms with Crippen molar-refractivity contribution < 1.29 is 33.8 Å². The molecule has 2 aliphatic heterocycles. The summed E-state index contributed by atoms with van der Waals surface area (Å²) in [5.74, 6) is -1.59. The van der Waals surface area contributed by atoms with Gasteiger partial charge in [0.25, 0.3) is 0 Å². The average Bonchev–Trinajstić information content (AvgIpc) is 2.62. The van der Waals surface area contributed by atoms with Gasteiger partial charge in [-0.1, -0.05) is 18.2 Å². The first-order valence-corrected chi connectivity index (χ1v) is 8.68. The molecule has 9 nitrogen and oxygen atoms in total. The molecular formula is C16H16N2O7S. The Morgan fingerprint density at radius 3 is 2.69 bits per heavy atom. The van der Waals surface area contributed by atoms with E-state index in [1.54, 1.807) is 25.1 Å². The number of hydrogen-bond donors (Lipinski definition) is 2. The number of carbonyl (C=O) groups is 4. The number of nitrogens with zero attached hydrogens (tertiary/aromatic N) is 1. The van der Waals surface area contributed by atoms with Crippen molar-refractivity contribution in [2.24, 2.45) is 0 Å². The number of carboxylic acid groups (broad SMARTS) is 1. The second kappa shape index (κ2) is 6.87. The van der Waals surface area contributed by atoms with Gasteiger partial charge in [-0.25, -0.2) is 9.59 Å². The van der Waals surface area contributed by atoms with E-state index < -0.39 is 40.3 Å². The molecule has 2 saturated heterocycles. The van der Waals surface area contributed by atoms with Gasteiger partial charge in [-0.05, 0) is 19.1 Å². The number of amides is 2. The summed E-state index contributed by atoms with van der Waals surface area (Å²) in [5.41, 5.74) is -1.95. The molecule has 2 aliphatic rings. The first-order valence-electron chi connectivity index (χ1n) is 7.74. The number of β-lactam (4-membered cyclic amide) rings is 1. The van der Waals surface area contributed by atoms with Crippen LogP contribution in [0.4, 0.5) is 4.79 Å². The standard InChI is InChI=1S/C16H16N2O7S/c1-9-16(14(21)22,25-15(23)24-10-5-3-2-4-6-10)7-18-12(20)11(17-8-19)13(18)26-9/h2-6,8-9,11,13H,7H2,1H3,(H,17,19)(H,21,22)/t9?,11?,13-,16?/m1/s1. The molecule has 3 rings (SSSR count). The van der Waals surface area contributed by atoms with Crippen LogP contribution >= 0.6 is 11.8 Å². The molecule has 138 valence electrons. The number of nitrogens with one attached hydrogen (secondary N) is 1. The Hall–Kier alpha value is -2.75. The lowest BCUT2D eigenvalue weighted by atomic mass is 9.94. The maximum Gasteiger partial charge on any atom is 0.515 e. The van der Waals surface area contributed by atoms with Crippen LogP contribution in [0.3, 0.4) is 0 Å². The summed E-state index contributed by atoms with van der Waals surface area (Å²) in [6.45, 7) is 1.27. The first kappa shape index (κ1) is 18.1. The van der Waals surface area contributed by atoms with Gasteiger partial charge in [0.05, 0.1) is 11.8 Å². The van der Waals surface area contributed by atoms with Gasteiger partial charge in [0.15, 0.2) is 0 Å². The molecule has 10 heteroatoms. The SMILES string of the molecule is CC1S[C@@H]2C(NC=O)C(=O)N2CC1(OC(=O)Oc1ccccc1)C(=O)O. The number of thioether (sulfide) groups is 1. The van der Waals surface area contributed by atoms with E-state index in [1.807, 2.05) is 0 Å². The van der Waals surface area contributed by atoms with E-state index in [0.717, 1.165) is 11.8 Å². The van der Waals surface area contributed by atoms with Crippen LogP contribution < -0.4 is 10.1 Å². The molecule has 0 spiro atoms. The molecule has 2 N–H and O–H groups in total. The van der Waals surface area contributed by atoms with Crippen LogP contribution in [0.2, 0.25) is 0 Å². The highest BCUT2D eigenvalue weighted by atomic mass is 32.2. The smallest absolute Gasteiger partial charge is 0.478 e. The molecule has 2 fully saturated rings. The van der Waals surface area contributed by atoms with Crippen molar-refractivity contribution in [1.29, 1.82) is 0 Å². The van der Waals surface area contributed by atoms with Crippen LogP contribution in [-0.2, 0) is 19.1 Å². The Kier molecular flexibility index (Phi) is 4.77. The number of fused-ring (bicyclic) bond motifs is 1. The van der Waals surface area contributed by atoms with Crippen LogP contribution in [-0.4, -0.2) is 63.3 Å². The predicted octanol–water partition coefficient (Wildman–Crippen LogP) is 0.444. The van der Waals surface area contributed by atoms with Crippen LogP contribution in [0.25, 0.3) is 0 Å². The third-order valence-corrected chi connectivity index (χ3v) is 5.96. The molecule has 2 heterocycles. The molecule has 26 heavy (non-hydrogen) atoms. The minimum Gasteiger partial charge on any atom is -0.478 e. The van der Waals surface area contributed by atoms with E-state index in [9.17, 15) is 24.3 Å². The maximum atomic E-state index is 12.1. The molecule has 0 aliphatic carbocycles. The zero-order valence-corrected chi connectivity index (χ0v) is 14.5. The molecular weight excluding hydrogens is 364 g/mol. The highest BCUT2D eigenvalue weighted by Crippen LogP contribution is 2.44. The number of rotatable bonds is 5. The first-order chi connectivity index (χ1) is 12.4. The third kappa shape index (κ3) is 2.96. The minimum absolute atomic E-state index is 0.210. The Morgan fingerprint density at radius 2 is 2.08 bits per heavy atom. The van der Waals surface area contributed by atoms with Gasteiger partial charge < -0.3 is 24.8 Å². The molecule has 0 radical (unpaired) electrons. The lowest BCUT2D eigenvalue weighted by Crippen LogP contribution is -2.76. The van der Waals surface area contributed by atoms with E-state index in [1.165, 1.54) is 17.0 Å². The monoisotopic (exact) mass is 380 g/mol. The second-order valence-corrected chi connectivity index (χ2v) is 7.32. The van der Waals surface area contributed by atoms with Crippen molar-refractivity contribution in [3.8, 4) is 5.75 Å². The van der Waals surface area contributed by atoms with E-state index in [2.05, 4.69) is 5.32 Å². The lowest BCUT2D eigenvalue weighted by molar-refractivity contribution is -0.171. The number of benzene rings is 1. The molecule has 4 atom stereocenters. The van der Waals surface area contributed by atoms with E-state index in [4.69, 9.17) is 9.47 Å². The molecule has 0 saturated carbocycles. The van der Waals surface area contributed by atoms with E-state index >= 15 is 0 Å². The van der Waals surface area contributed by atoms with Gasteiger partial charge >= 0.3 is 12.1 Å². The van der Waals surface area contributed by atoms with E-state index in [0.29, 0.717) is 6.41 Å². The van der Waals surface area contributed by atoms with Crippen LogP contribution in [0.1, 0.15) is 6.92 Å². The highest BCUT2D eigenvalue weighted by Gasteiger charge is 2.62. The van der Waals surface area contributed by atoms with Crippen molar-refractivity contribution in [3.63, 3.8) is 0 Å². The molecule has 0 aromatic heterocycles. The molecule has 1 aromatic rings. The van der Waals surface area contributed by atoms with Crippen LogP contribution in [0.15, 0.2) is 30.3 Å². The number of carbonyl (C=O) groups excluding carboxylic acids is 3. The summed E-state index contributed by atoms with van der Waals surface area (Å²) in [4.78, 5) is 48.0. The fraction of sp³-hybridized carbons (Fsp3) is 0.375. The zero-order valence-electron chi connectivity index (χ0n) is 13.7. The van der Waals surface area contributed by atoms with Gasteiger partial charge in [0, 0.05) is 0 Å². The summed E-state index contributed by atoms with van der Waals surface area (Å²) >= 11 is 1.14. The molecule has 0 bridgehead atoms. The summed E-state index contributed by atoms with van der Waals surface area (Å²) < 4.78 is 10.2. The number of aliphatic carboxylic acids is 1. The van der Waals surface area contributed by atoms with Crippen molar-refractivity contribution in [3.05, 3.63) is 30.3 Å². The quantitative estimate of drug-likeness (QED) is 0.327. The largest absolute Gasteiger partial charge is 0.515 e. The summed E-state index contributed by atoms with van der Waals surface area (Å²) in [5, 5.41) is 11.0. The second-order valence-electron chi connectivity index (χ2n) is 5.86. The Labute approximate surface area is 152 Å².